The third kappa shape index (κ3) is 7.07. The van der Waals surface area contributed by atoms with Crippen molar-refractivity contribution < 1.29 is 19.4 Å². The van der Waals surface area contributed by atoms with Gasteiger partial charge in [-0.05, 0) is 48.5 Å². The first-order chi connectivity index (χ1) is 13.2. The highest BCUT2D eigenvalue weighted by atomic mass is 32.2. The lowest BCUT2D eigenvalue weighted by molar-refractivity contribution is -0.130. The Morgan fingerprint density at radius 1 is 1.26 bits per heavy atom. The van der Waals surface area contributed by atoms with Crippen LogP contribution in [-0.4, -0.2) is 78.1 Å². The predicted molar refractivity (Wildman–Crippen MR) is 109 cm³/mol. The normalized spacial score (nSPS) is 18.8. The first-order valence-electron chi connectivity index (χ1n) is 9.48. The minimum absolute atomic E-state index is 0.240. The molecule has 27 heavy (non-hydrogen) atoms. The van der Waals surface area contributed by atoms with Crippen molar-refractivity contribution in [2.75, 3.05) is 44.8 Å². The fourth-order valence-electron chi connectivity index (χ4n) is 3.67. The van der Waals surface area contributed by atoms with Crippen LogP contribution in [-0.2, 0) is 16.0 Å². The molecule has 1 N–H and O–H groups in total. The van der Waals surface area contributed by atoms with Crippen LogP contribution in [0.3, 0.4) is 0 Å². The molecule has 2 aliphatic rings. The summed E-state index contributed by atoms with van der Waals surface area (Å²) in [7, 11) is 1.66. The molecule has 7 heteroatoms. The number of thioether (sulfide) groups is 1. The molecular formula is C20H30N2O4S. The molecule has 2 aliphatic heterocycles. The number of hydrogen-bond donors (Lipinski definition) is 1. The number of carbonyl (C=O) groups excluding carboxylic acids is 1. The minimum Gasteiger partial charge on any atom is -0.497 e. The van der Waals surface area contributed by atoms with Gasteiger partial charge in [-0.1, -0.05) is 12.1 Å². The molecule has 2 saturated heterocycles. The quantitative estimate of drug-likeness (QED) is 0.791. The molecule has 2 fully saturated rings. The molecule has 1 amide bonds. The predicted octanol–water partition coefficient (Wildman–Crippen LogP) is 2.37. The van der Waals surface area contributed by atoms with Gasteiger partial charge in [0, 0.05) is 32.2 Å². The van der Waals surface area contributed by atoms with Gasteiger partial charge < -0.3 is 14.7 Å². The fraction of sp³-hybridized carbons (Fsp3) is 0.600. The molecule has 1 aromatic rings. The Hall–Kier alpha value is -1.73. The molecule has 0 saturated carbocycles. The maximum Gasteiger partial charge on any atom is 0.290 e. The van der Waals surface area contributed by atoms with E-state index in [1.54, 1.807) is 7.11 Å². The van der Waals surface area contributed by atoms with Gasteiger partial charge in [0.15, 0.2) is 0 Å². The fourth-order valence-corrected chi connectivity index (χ4v) is 4.75. The molecule has 3 rings (SSSR count). The molecule has 2 heterocycles. The average Bonchev–Trinajstić information content (AvgIpc) is 2.96. The minimum atomic E-state index is -0.250. The lowest BCUT2D eigenvalue weighted by Crippen LogP contribution is -2.41. The van der Waals surface area contributed by atoms with E-state index in [0.717, 1.165) is 50.0 Å². The zero-order chi connectivity index (χ0) is 19.5. The summed E-state index contributed by atoms with van der Waals surface area (Å²) in [6, 6.07) is 8.57. The summed E-state index contributed by atoms with van der Waals surface area (Å²) in [6.07, 6.45) is 4.18. The molecule has 0 bridgehead atoms. The van der Waals surface area contributed by atoms with E-state index in [1.165, 1.54) is 24.3 Å². The van der Waals surface area contributed by atoms with Gasteiger partial charge >= 0.3 is 0 Å². The first-order valence-corrected chi connectivity index (χ1v) is 10.6. The van der Waals surface area contributed by atoms with E-state index in [9.17, 15) is 4.79 Å². The Kier molecular flexibility index (Phi) is 9.48. The first kappa shape index (κ1) is 21.6. The number of ether oxygens (including phenoxy) is 1. The Bertz CT molecular complexity index is 593. The van der Waals surface area contributed by atoms with Crippen molar-refractivity contribution in [3.05, 3.63) is 29.8 Å². The van der Waals surface area contributed by atoms with Crippen LogP contribution in [0.2, 0.25) is 0 Å². The van der Waals surface area contributed by atoms with E-state index in [1.807, 2.05) is 24.3 Å². The van der Waals surface area contributed by atoms with E-state index in [-0.39, 0.29) is 12.4 Å². The Morgan fingerprint density at radius 3 is 2.70 bits per heavy atom. The molecule has 0 radical (unpaired) electrons. The third-order valence-corrected chi connectivity index (χ3v) is 6.13. The highest BCUT2D eigenvalue weighted by Gasteiger charge is 2.25. The van der Waals surface area contributed by atoms with Gasteiger partial charge in [-0.3, -0.25) is 14.5 Å². The maximum atomic E-state index is 12.7. The number of methoxy groups -OCH3 is 1. The van der Waals surface area contributed by atoms with Gasteiger partial charge in [0.2, 0.25) is 5.91 Å². The standard InChI is InChI=1S/C19H28N2O2S.CH2O2/c1-23-18-5-2-4-16(14-18)15-19(22)21-9-3-8-20(10-11-21)17-6-12-24-13-7-17;2-1-3/h2,4-5,14,17H,3,6-13,15H2,1H3;1H,(H,2,3). The lowest BCUT2D eigenvalue weighted by Gasteiger charge is -2.33. The van der Waals surface area contributed by atoms with Crippen molar-refractivity contribution in [2.45, 2.75) is 31.7 Å². The molecule has 0 atom stereocenters. The zero-order valence-electron chi connectivity index (χ0n) is 16.0. The molecule has 0 aromatic heterocycles. The summed E-state index contributed by atoms with van der Waals surface area (Å²) in [5.41, 5.74) is 1.03. The van der Waals surface area contributed by atoms with E-state index >= 15 is 0 Å². The zero-order valence-corrected chi connectivity index (χ0v) is 16.8. The monoisotopic (exact) mass is 394 g/mol. The third-order valence-electron chi connectivity index (χ3n) is 5.08. The van der Waals surface area contributed by atoms with Gasteiger partial charge in [0.25, 0.3) is 6.47 Å². The Labute approximate surface area is 165 Å². The van der Waals surface area contributed by atoms with E-state index in [4.69, 9.17) is 14.6 Å². The van der Waals surface area contributed by atoms with Gasteiger partial charge in [-0.15, -0.1) is 0 Å². The van der Waals surface area contributed by atoms with E-state index in [2.05, 4.69) is 21.6 Å². The summed E-state index contributed by atoms with van der Waals surface area (Å²) in [5, 5.41) is 6.89. The van der Waals surface area contributed by atoms with Gasteiger partial charge in [0.05, 0.1) is 13.5 Å². The molecule has 0 aliphatic carbocycles. The second-order valence-electron chi connectivity index (χ2n) is 6.75. The van der Waals surface area contributed by atoms with Crippen LogP contribution < -0.4 is 4.74 Å². The molecule has 6 nitrogen and oxygen atoms in total. The summed E-state index contributed by atoms with van der Waals surface area (Å²) in [6.45, 7) is 3.67. The van der Waals surface area contributed by atoms with Crippen LogP contribution in [0, 0.1) is 0 Å². The van der Waals surface area contributed by atoms with Crippen LogP contribution in [0.15, 0.2) is 24.3 Å². The SMILES string of the molecule is COc1cccc(CC(=O)N2CCCN(C3CCSCC3)CC2)c1.O=CO. The van der Waals surface area contributed by atoms with Crippen LogP contribution in [0.5, 0.6) is 5.75 Å². The van der Waals surface area contributed by atoms with Gasteiger partial charge in [0.1, 0.15) is 5.75 Å². The topological polar surface area (TPSA) is 70.1 Å². The van der Waals surface area contributed by atoms with E-state index < -0.39 is 0 Å². The molecule has 1 aromatic carbocycles. The van der Waals surface area contributed by atoms with Crippen molar-refractivity contribution in [3.8, 4) is 5.75 Å². The molecule has 0 unspecified atom stereocenters. The lowest BCUT2D eigenvalue weighted by atomic mass is 10.1. The Morgan fingerprint density at radius 2 is 2.00 bits per heavy atom. The number of carbonyl (C=O) groups is 2. The van der Waals surface area contributed by atoms with Gasteiger partial charge in [-0.2, -0.15) is 11.8 Å². The summed E-state index contributed by atoms with van der Waals surface area (Å²) in [4.78, 5) is 25.7. The highest BCUT2D eigenvalue weighted by Crippen LogP contribution is 2.23. The molecular weight excluding hydrogens is 364 g/mol. The Balaban J connectivity index is 0.000000817. The summed E-state index contributed by atoms with van der Waals surface area (Å²) in [5.74, 6) is 3.64. The molecule has 0 spiro atoms. The number of carboxylic acid groups (broad SMARTS) is 1. The average molecular weight is 395 g/mol. The number of rotatable bonds is 4. The summed E-state index contributed by atoms with van der Waals surface area (Å²) >= 11 is 2.08. The van der Waals surface area contributed by atoms with Crippen LogP contribution >= 0.6 is 11.8 Å². The largest absolute Gasteiger partial charge is 0.497 e. The van der Waals surface area contributed by atoms with Crippen molar-refractivity contribution in [2.24, 2.45) is 0 Å². The number of nitrogens with zero attached hydrogens (tertiary/aromatic N) is 2. The smallest absolute Gasteiger partial charge is 0.290 e. The van der Waals surface area contributed by atoms with Gasteiger partial charge in [-0.25, -0.2) is 0 Å². The summed E-state index contributed by atoms with van der Waals surface area (Å²) < 4.78 is 5.25. The van der Waals surface area contributed by atoms with Crippen molar-refractivity contribution in [1.29, 1.82) is 0 Å². The van der Waals surface area contributed by atoms with Crippen LogP contribution in [0.25, 0.3) is 0 Å². The number of hydrogen-bond acceptors (Lipinski definition) is 5. The van der Waals surface area contributed by atoms with Crippen LogP contribution in [0.1, 0.15) is 24.8 Å². The highest BCUT2D eigenvalue weighted by molar-refractivity contribution is 7.99. The van der Waals surface area contributed by atoms with Crippen molar-refractivity contribution in [3.63, 3.8) is 0 Å². The molecule has 150 valence electrons. The number of amides is 1. The number of benzene rings is 1. The second-order valence-corrected chi connectivity index (χ2v) is 7.97. The van der Waals surface area contributed by atoms with Crippen LogP contribution in [0.4, 0.5) is 0 Å². The van der Waals surface area contributed by atoms with Crippen molar-refractivity contribution >= 4 is 24.1 Å². The van der Waals surface area contributed by atoms with E-state index in [0.29, 0.717) is 6.42 Å². The second kappa shape index (κ2) is 11.9. The van der Waals surface area contributed by atoms with Crippen molar-refractivity contribution in [1.82, 2.24) is 9.80 Å². The maximum absolute atomic E-state index is 12.7.